The summed E-state index contributed by atoms with van der Waals surface area (Å²) in [6.45, 7) is 8.26. The van der Waals surface area contributed by atoms with Crippen LogP contribution in [0.25, 0.3) is 6.08 Å². The van der Waals surface area contributed by atoms with E-state index in [9.17, 15) is 4.79 Å². The SMILES string of the molecule is C=CCc1cc(/C=C2/SC(=S)N(c3ccc(C)cc3C)C2=O)cc(OC)c1OCc1ccc(Cl)cc1. The Morgan fingerprint density at radius 1 is 1.11 bits per heavy atom. The van der Waals surface area contributed by atoms with Crippen molar-refractivity contribution in [3.63, 3.8) is 0 Å². The fraction of sp³-hybridized carbons (Fsp3) is 0.172. The van der Waals surface area contributed by atoms with Crippen molar-refractivity contribution in [2.24, 2.45) is 0 Å². The van der Waals surface area contributed by atoms with Crippen LogP contribution in [0, 0.1) is 13.8 Å². The van der Waals surface area contributed by atoms with Crippen LogP contribution in [0.5, 0.6) is 11.5 Å². The number of aryl methyl sites for hydroxylation is 2. The zero-order valence-corrected chi connectivity index (χ0v) is 22.7. The lowest BCUT2D eigenvalue weighted by atomic mass is 10.0. The van der Waals surface area contributed by atoms with Gasteiger partial charge in [-0.1, -0.05) is 71.5 Å². The minimum absolute atomic E-state index is 0.135. The molecule has 1 heterocycles. The number of thiocarbonyl (C=S) groups is 1. The number of ether oxygens (including phenoxy) is 2. The number of rotatable bonds is 8. The normalized spacial score (nSPS) is 14.4. The second-order valence-corrected chi connectivity index (χ2v) is 10.5. The first-order chi connectivity index (χ1) is 17.3. The van der Waals surface area contributed by atoms with E-state index in [1.165, 1.54) is 11.8 Å². The number of anilines is 1. The topological polar surface area (TPSA) is 38.8 Å². The molecule has 0 unspecified atom stereocenters. The highest BCUT2D eigenvalue weighted by atomic mass is 35.5. The molecule has 184 valence electrons. The average Bonchev–Trinajstić information content (AvgIpc) is 3.12. The molecule has 1 saturated heterocycles. The predicted molar refractivity (Wildman–Crippen MR) is 154 cm³/mol. The smallest absolute Gasteiger partial charge is 0.270 e. The summed E-state index contributed by atoms with van der Waals surface area (Å²) in [6.07, 6.45) is 4.24. The molecule has 0 atom stereocenters. The summed E-state index contributed by atoms with van der Waals surface area (Å²) in [7, 11) is 1.60. The molecule has 1 aliphatic heterocycles. The molecule has 3 aromatic rings. The zero-order valence-electron chi connectivity index (χ0n) is 20.3. The maximum atomic E-state index is 13.3. The van der Waals surface area contributed by atoms with E-state index in [2.05, 4.69) is 6.58 Å². The fourth-order valence-corrected chi connectivity index (χ4v) is 5.42. The van der Waals surface area contributed by atoms with Crippen molar-refractivity contribution >= 4 is 57.6 Å². The zero-order chi connectivity index (χ0) is 25.8. The second kappa shape index (κ2) is 11.3. The Bertz CT molecular complexity index is 1370. The van der Waals surface area contributed by atoms with Crippen LogP contribution in [0.1, 0.15) is 27.8 Å². The van der Waals surface area contributed by atoms with Gasteiger partial charge in [-0.25, -0.2) is 0 Å². The Balaban J connectivity index is 1.64. The van der Waals surface area contributed by atoms with E-state index in [1.807, 2.05) is 80.6 Å². The van der Waals surface area contributed by atoms with Gasteiger partial charge in [-0.3, -0.25) is 9.69 Å². The summed E-state index contributed by atoms with van der Waals surface area (Å²) in [5.74, 6) is 1.09. The third-order valence-electron chi connectivity index (χ3n) is 5.72. The molecule has 36 heavy (non-hydrogen) atoms. The van der Waals surface area contributed by atoms with Crippen molar-refractivity contribution in [1.29, 1.82) is 0 Å². The maximum absolute atomic E-state index is 13.3. The lowest BCUT2D eigenvalue weighted by Gasteiger charge is -2.17. The van der Waals surface area contributed by atoms with Crippen LogP contribution in [0.4, 0.5) is 5.69 Å². The predicted octanol–water partition coefficient (Wildman–Crippen LogP) is 7.68. The summed E-state index contributed by atoms with van der Waals surface area (Å²) in [4.78, 5) is 15.5. The van der Waals surface area contributed by atoms with Gasteiger partial charge < -0.3 is 9.47 Å². The molecule has 0 aliphatic carbocycles. The van der Waals surface area contributed by atoms with Crippen molar-refractivity contribution < 1.29 is 14.3 Å². The Morgan fingerprint density at radius 3 is 2.53 bits per heavy atom. The van der Waals surface area contributed by atoms with Crippen molar-refractivity contribution in [2.75, 3.05) is 12.0 Å². The number of carbonyl (C=O) groups is 1. The van der Waals surface area contributed by atoms with E-state index in [0.29, 0.717) is 38.8 Å². The number of carbonyl (C=O) groups excluding carboxylic acids is 1. The van der Waals surface area contributed by atoms with Gasteiger partial charge in [0.25, 0.3) is 5.91 Å². The highest BCUT2D eigenvalue weighted by Crippen LogP contribution is 2.40. The Morgan fingerprint density at radius 2 is 1.86 bits per heavy atom. The number of amides is 1. The van der Waals surface area contributed by atoms with Gasteiger partial charge in [-0.05, 0) is 73.4 Å². The van der Waals surface area contributed by atoms with Crippen molar-refractivity contribution in [1.82, 2.24) is 0 Å². The highest BCUT2D eigenvalue weighted by Gasteiger charge is 2.34. The first-order valence-electron chi connectivity index (χ1n) is 11.3. The van der Waals surface area contributed by atoms with Gasteiger partial charge >= 0.3 is 0 Å². The molecule has 0 N–H and O–H groups in total. The lowest BCUT2D eigenvalue weighted by Crippen LogP contribution is -2.28. The van der Waals surface area contributed by atoms with Crippen molar-refractivity contribution in [3.8, 4) is 11.5 Å². The molecular formula is C29H26ClNO3S2. The number of halogens is 1. The molecule has 1 aliphatic rings. The summed E-state index contributed by atoms with van der Waals surface area (Å²) < 4.78 is 12.3. The van der Waals surface area contributed by atoms with Crippen LogP contribution in [0.15, 0.2) is 72.2 Å². The van der Waals surface area contributed by atoms with Gasteiger partial charge in [-0.2, -0.15) is 0 Å². The first kappa shape index (κ1) is 26.0. The van der Waals surface area contributed by atoms with Crippen LogP contribution < -0.4 is 14.4 Å². The van der Waals surface area contributed by atoms with Gasteiger partial charge in [0.2, 0.25) is 0 Å². The summed E-state index contributed by atoms with van der Waals surface area (Å²) in [5.41, 5.74) is 5.67. The third kappa shape index (κ3) is 5.67. The lowest BCUT2D eigenvalue weighted by molar-refractivity contribution is -0.113. The Labute approximate surface area is 226 Å². The molecule has 3 aromatic carbocycles. The van der Waals surface area contributed by atoms with E-state index in [-0.39, 0.29) is 5.91 Å². The standard InChI is InChI=1S/C29H26ClNO3S2/c1-5-6-22-14-21(15-25(33-4)27(22)34-17-20-8-10-23(30)11-9-20)16-26-28(32)31(29(35)36-26)24-12-7-18(2)13-19(24)3/h5,7-16H,1,6,17H2,2-4H3/b26-16+. The molecule has 0 aromatic heterocycles. The number of hydrogen-bond acceptors (Lipinski definition) is 5. The monoisotopic (exact) mass is 535 g/mol. The molecule has 0 saturated carbocycles. The molecule has 1 amide bonds. The average molecular weight is 536 g/mol. The largest absolute Gasteiger partial charge is 0.493 e. The van der Waals surface area contributed by atoms with Crippen LogP contribution in [0.2, 0.25) is 5.02 Å². The maximum Gasteiger partial charge on any atom is 0.270 e. The van der Waals surface area contributed by atoms with Crippen LogP contribution in [-0.4, -0.2) is 17.3 Å². The number of nitrogens with zero attached hydrogens (tertiary/aromatic N) is 1. The number of benzene rings is 3. The van der Waals surface area contributed by atoms with Gasteiger partial charge in [0.15, 0.2) is 15.8 Å². The first-order valence-corrected chi connectivity index (χ1v) is 12.9. The van der Waals surface area contributed by atoms with Gasteiger partial charge in [0.1, 0.15) is 6.61 Å². The molecule has 4 nitrogen and oxygen atoms in total. The van der Waals surface area contributed by atoms with Crippen LogP contribution in [0.3, 0.4) is 0 Å². The van der Waals surface area contributed by atoms with E-state index in [0.717, 1.165) is 33.5 Å². The van der Waals surface area contributed by atoms with Crippen LogP contribution >= 0.6 is 35.6 Å². The number of thioether (sulfide) groups is 1. The van der Waals surface area contributed by atoms with Gasteiger partial charge in [0.05, 0.1) is 17.7 Å². The molecule has 4 rings (SSSR count). The molecule has 0 spiro atoms. The summed E-state index contributed by atoms with van der Waals surface area (Å²) in [6, 6.07) is 17.3. The number of hydrogen-bond donors (Lipinski definition) is 0. The minimum atomic E-state index is -0.135. The van der Waals surface area contributed by atoms with E-state index < -0.39 is 0 Å². The molecule has 7 heteroatoms. The fourth-order valence-electron chi connectivity index (χ4n) is 4.01. The molecule has 1 fully saturated rings. The number of allylic oxidation sites excluding steroid dienone is 1. The Kier molecular flexibility index (Phi) is 8.19. The number of methoxy groups -OCH3 is 1. The highest BCUT2D eigenvalue weighted by molar-refractivity contribution is 8.27. The van der Waals surface area contributed by atoms with E-state index in [4.69, 9.17) is 33.3 Å². The molecule has 0 bridgehead atoms. The van der Waals surface area contributed by atoms with E-state index in [1.54, 1.807) is 12.0 Å². The van der Waals surface area contributed by atoms with Crippen molar-refractivity contribution in [3.05, 3.63) is 105 Å². The van der Waals surface area contributed by atoms with E-state index >= 15 is 0 Å². The van der Waals surface area contributed by atoms with Crippen LogP contribution in [-0.2, 0) is 17.8 Å². The minimum Gasteiger partial charge on any atom is -0.493 e. The second-order valence-electron chi connectivity index (χ2n) is 8.43. The van der Waals surface area contributed by atoms with Crippen molar-refractivity contribution in [2.45, 2.75) is 26.9 Å². The molecule has 0 radical (unpaired) electrons. The third-order valence-corrected chi connectivity index (χ3v) is 7.27. The Hall–Kier alpha value is -3.06. The summed E-state index contributed by atoms with van der Waals surface area (Å²) in [5, 5.41) is 0.677. The van der Waals surface area contributed by atoms with Gasteiger partial charge in [0, 0.05) is 10.6 Å². The summed E-state index contributed by atoms with van der Waals surface area (Å²) >= 11 is 12.9. The quantitative estimate of drug-likeness (QED) is 0.168. The molecular weight excluding hydrogens is 510 g/mol. The van der Waals surface area contributed by atoms with Gasteiger partial charge in [-0.15, -0.1) is 6.58 Å².